The van der Waals surface area contributed by atoms with Crippen LogP contribution in [0.25, 0.3) is 43.9 Å². The summed E-state index contributed by atoms with van der Waals surface area (Å²) in [7, 11) is -2.05. The van der Waals surface area contributed by atoms with Crippen LogP contribution < -0.4 is 21.2 Å². The van der Waals surface area contributed by atoms with Gasteiger partial charge in [-0.15, -0.1) is 35.4 Å². The fourth-order valence-electron chi connectivity index (χ4n) is 7.93. The molecule has 0 fully saturated rings. The molecule has 0 aliphatic carbocycles. The minimum absolute atomic E-state index is 0. The van der Waals surface area contributed by atoms with E-state index in [4.69, 9.17) is 21.7 Å². The Balaban J connectivity index is 0.000000164. The van der Waals surface area contributed by atoms with Crippen LogP contribution in [0.15, 0.2) is 215 Å². The number of fused-ring (bicyclic) bond motifs is 6. The molecule has 0 spiro atoms. The first kappa shape index (κ1) is 45.4. The van der Waals surface area contributed by atoms with E-state index in [1.807, 2.05) is 84.9 Å². The van der Waals surface area contributed by atoms with Crippen molar-refractivity contribution in [2.24, 2.45) is 0 Å². The molecule has 2 heterocycles. The largest absolute Gasteiger partial charge is 1.00 e. The molecule has 0 radical (unpaired) electrons. The SMILES string of the molecule is CC(C)([PH+](c1ccccc1)c1ccccc1)[PH+](c1ccccc1)c1ccccc1.[Au+].[Au+].[C-]#Cc1ccc2oc3ccccc3c2c1.[C-]#Cc1ccc2oc3ccccc3c2c1. The van der Waals surface area contributed by atoms with Crippen molar-refractivity contribution in [2.45, 2.75) is 18.7 Å². The number of furan rings is 2. The first-order chi connectivity index (χ1) is 28.9. The molecule has 0 aliphatic heterocycles. The molecular formula is C55H42Au2O2P2+2. The number of para-hydroxylation sites is 2. The van der Waals surface area contributed by atoms with Crippen LogP contribution in [-0.4, -0.2) is 4.90 Å². The topological polar surface area (TPSA) is 26.3 Å². The van der Waals surface area contributed by atoms with Gasteiger partial charge in [-0.2, -0.15) is 0 Å². The monoisotopic (exact) mass is 1190 g/mol. The van der Waals surface area contributed by atoms with Crippen molar-refractivity contribution in [1.29, 1.82) is 0 Å². The van der Waals surface area contributed by atoms with Crippen LogP contribution in [0.5, 0.6) is 0 Å². The molecule has 2 nitrogen and oxygen atoms in total. The zero-order chi connectivity index (χ0) is 40.6. The third kappa shape index (κ3) is 10.1. The van der Waals surface area contributed by atoms with Gasteiger partial charge >= 0.3 is 44.8 Å². The molecule has 0 bridgehead atoms. The summed E-state index contributed by atoms with van der Waals surface area (Å²) < 4.78 is 11.3. The first-order valence-corrected chi connectivity index (χ1v) is 22.6. The Labute approximate surface area is 392 Å². The number of hydrogen-bond acceptors (Lipinski definition) is 2. The molecule has 61 heavy (non-hydrogen) atoms. The van der Waals surface area contributed by atoms with Gasteiger partial charge in [-0.1, -0.05) is 109 Å². The van der Waals surface area contributed by atoms with E-state index in [2.05, 4.69) is 147 Å². The van der Waals surface area contributed by atoms with E-state index < -0.39 is 15.8 Å². The zero-order valence-corrected chi connectivity index (χ0v) is 39.9. The Bertz CT molecular complexity index is 2770. The van der Waals surface area contributed by atoms with Crippen LogP contribution in [-0.2, 0) is 44.8 Å². The van der Waals surface area contributed by atoms with Crippen LogP contribution in [0.1, 0.15) is 25.0 Å². The van der Waals surface area contributed by atoms with Gasteiger partial charge in [-0.25, -0.2) is 0 Å². The van der Waals surface area contributed by atoms with Crippen molar-refractivity contribution in [3.63, 3.8) is 0 Å². The summed E-state index contributed by atoms with van der Waals surface area (Å²) >= 11 is 0. The number of rotatable bonds is 6. The molecule has 304 valence electrons. The van der Waals surface area contributed by atoms with E-state index >= 15 is 0 Å². The zero-order valence-electron chi connectivity index (χ0n) is 33.5. The van der Waals surface area contributed by atoms with Gasteiger partial charge in [0.05, 0.1) is 0 Å². The summed E-state index contributed by atoms with van der Waals surface area (Å²) in [4.78, 5) is 0.154. The van der Waals surface area contributed by atoms with Crippen LogP contribution >= 0.6 is 15.8 Å². The average Bonchev–Trinajstić information content (AvgIpc) is 3.86. The standard InChI is InChI=1S/C27H26P2.2C14H7O.2Au/c1-27(2,28(23-15-7-3-8-16-23)24-17-9-4-10-18-24)29(25-19-11-5-12-20-25)26-21-13-6-14-22-26;2*1-2-10-7-8-14-12(9-10)11-5-3-4-6-13(11)15-14;;/h3-22H,1-2H3;2*3-9H;;/q;2*-1;2*+1/p+2. The molecule has 10 rings (SSSR count). The third-order valence-corrected chi connectivity index (χ3v) is 18.2. The molecule has 0 N–H and O–H groups in total. The maximum absolute atomic E-state index is 7.10. The van der Waals surface area contributed by atoms with Crippen molar-refractivity contribution in [1.82, 2.24) is 0 Å². The van der Waals surface area contributed by atoms with Crippen molar-refractivity contribution in [2.75, 3.05) is 0 Å². The summed E-state index contributed by atoms with van der Waals surface area (Å²) in [6.07, 6.45) is 14.2. The minimum Gasteiger partial charge on any atom is -0.456 e. The molecule has 2 aromatic heterocycles. The summed E-state index contributed by atoms with van der Waals surface area (Å²) in [6, 6.07) is 71.8. The van der Waals surface area contributed by atoms with Gasteiger partial charge in [0.2, 0.25) is 0 Å². The summed E-state index contributed by atoms with van der Waals surface area (Å²) in [5.74, 6) is 4.76. The Morgan fingerprint density at radius 1 is 0.361 bits per heavy atom. The van der Waals surface area contributed by atoms with Crippen LogP contribution in [0, 0.1) is 24.7 Å². The van der Waals surface area contributed by atoms with Gasteiger partial charge in [0.1, 0.15) is 59.4 Å². The molecule has 8 aromatic carbocycles. The van der Waals surface area contributed by atoms with Gasteiger partial charge in [0.15, 0.2) is 4.90 Å². The Hall–Kier alpha value is -5.18. The van der Waals surface area contributed by atoms with Gasteiger partial charge in [0.25, 0.3) is 0 Å². The Morgan fingerprint density at radius 2 is 0.639 bits per heavy atom. The summed E-state index contributed by atoms with van der Waals surface area (Å²) in [5, 5.41) is 10.2. The number of benzene rings is 8. The molecule has 0 aliphatic rings. The van der Waals surface area contributed by atoms with Crippen LogP contribution in [0.3, 0.4) is 0 Å². The fourth-order valence-corrected chi connectivity index (χ4v) is 16.3. The quantitative estimate of drug-likeness (QED) is 0.0718. The molecule has 0 saturated heterocycles. The number of hydrogen-bond donors (Lipinski definition) is 0. The third-order valence-electron chi connectivity index (χ3n) is 10.5. The van der Waals surface area contributed by atoms with E-state index in [0.717, 1.165) is 55.0 Å². The Kier molecular flexibility index (Phi) is 15.7. The van der Waals surface area contributed by atoms with Crippen molar-refractivity contribution >= 4 is 80.9 Å². The maximum atomic E-state index is 7.10. The fraction of sp³-hybridized carbons (Fsp3) is 0.0545. The predicted octanol–water partition coefficient (Wildman–Crippen LogP) is 12.5. The second kappa shape index (κ2) is 21.1. The van der Waals surface area contributed by atoms with Crippen molar-refractivity contribution < 1.29 is 53.6 Å². The maximum Gasteiger partial charge on any atom is 1.00 e. The molecule has 0 saturated carbocycles. The molecule has 10 aromatic rings. The summed E-state index contributed by atoms with van der Waals surface area (Å²) in [5.41, 5.74) is 5.03. The molecule has 0 amide bonds. The van der Waals surface area contributed by atoms with E-state index in [-0.39, 0.29) is 49.7 Å². The van der Waals surface area contributed by atoms with E-state index in [9.17, 15) is 0 Å². The second-order valence-electron chi connectivity index (χ2n) is 14.7. The van der Waals surface area contributed by atoms with Gasteiger partial charge in [-0.05, 0) is 72.8 Å². The second-order valence-corrected chi connectivity index (χ2v) is 21.5. The molecular weight excluding hydrogens is 1150 g/mol. The molecule has 0 atom stereocenters. The normalized spacial score (nSPS) is 10.8. The molecule has 0 unspecified atom stereocenters. The summed E-state index contributed by atoms with van der Waals surface area (Å²) in [6.45, 7) is 5.02. The first-order valence-electron chi connectivity index (χ1n) is 19.6. The average molecular weight is 1190 g/mol. The van der Waals surface area contributed by atoms with Crippen molar-refractivity contribution in [3.05, 3.63) is 230 Å². The minimum atomic E-state index is -1.02. The van der Waals surface area contributed by atoms with Gasteiger partial charge in [0, 0.05) is 35.4 Å². The Morgan fingerprint density at radius 3 is 0.951 bits per heavy atom. The van der Waals surface area contributed by atoms with Crippen molar-refractivity contribution in [3.8, 4) is 11.8 Å². The molecule has 6 heteroatoms. The predicted molar refractivity (Wildman–Crippen MR) is 255 cm³/mol. The smallest absolute Gasteiger partial charge is 0.456 e. The van der Waals surface area contributed by atoms with Gasteiger partial charge in [-0.3, -0.25) is 11.8 Å². The van der Waals surface area contributed by atoms with Crippen LogP contribution in [0.2, 0.25) is 0 Å². The van der Waals surface area contributed by atoms with Gasteiger partial charge < -0.3 is 21.7 Å². The van der Waals surface area contributed by atoms with E-state index in [1.54, 1.807) is 0 Å². The van der Waals surface area contributed by atoms with E-state index in [0.29, 0.717) is 0 Å². The van der Waals surface area contributed by atoms with E-state index in [1.165, 1.54) is 21.2 Å². The van der Waals surface area contributed by atoms with Crippen LogP contribution in [0.4, 0.5) is 0 Å².